The van der Waals surface area contributed by atoms with Crippen molar-refractivity contribution in [3.05, 3.63) is 56.1 Å². The number of hydrogen-bond acceptors (Lipinski definition) is 5. The van der Waals surface area contributed by atoms with Crippen LogP contribution >= 0.6 is 46.8 Å². The number of carbonyl (C=O) groups is 2. The van der Waals surface area contributed by atoms with Crippen molar-refractivity contribution in [1.29, 1.82) is 0 Å². The molecule has 0 aliphatic carbocycles. The zero-order chi connectivity index (χ0) is 18.8. The van der Waals surface area contributed by atoms with Gasteiger partial charge >= 0.3 is 5.97 Å². The van der Waals surface area contributed by atoms with Crippen LogP contribution in [0.25, 0.3) is 6.08 Å². The highest BCUT2D eigenvalue weighted by molar-refractivity contribution is 7.80. The van der Waals surface area contributed by atoms with E-state index in [1.165, 1.54) is 6.08 Å². The minimum absolute atomic E-state index is 0.0244. The first-order chi connectivity index (χ1) is 12.4. The number of aromatic nitrogens is 1. The molecule has 1 atom stereocenters. The number of rotatable bonds is 5. The Labute approximate surface area is 168 Å². The van der Waals surface area contributed by atoms with Crippen LogP contribution in [0.4, 0.5) is 0 Å². The fourth-order valence-electron chi connectivity index (χ4n) is 2.47. The maximum atomic E-state index is 12.7. The zero-order valence-corrected chi connectivity index (χ0v) is 16.1. The average molecular weight is 428 g/mol. The van der Waals surface area contributed by atoms with E-state index < -0.39 is 17.9 Å². The van der Waals surface area contributed by atoms with E-state index in [-0.39, 0.29) is 26.9 Å². The van der Waals surface area contributed by atoms with Gasteiger partial charge in [0.2, 0.25) is 0 Å². The van der Waals surface area contributed by atoms with Crippen LogP contribution in [0.15, 0.2) is 36.0 Å². The molecule has 0 saturated carbocycles. The lowest BCUT2D eigenvalue weighted by Crippen LogP contribution is -2.46. The third-order valence-corrected chi connectivity index (χ3v) is 5.44. The Hall–Kier alpha value is -2.00. The van der Waals surface area contributed by atoms with E-state index >= 15 is 0 Å². The number of hydrogen-bond donors (Lipinski definition) is 2. The molecule has 1 unspecified atom stereocenters. The minimum Gasteiger partial charge on any atom is -0.480 e. The number of carbonyl (C=O) groups excluding carboxylic acids is 1. The summed E-state index contributed by atoms with van der Waals surface area (Å²) in [6.07, 6.45) is 1.59. The maximum Gasteiger partial charge on any atom is 0.327 e. The molecule has 2 aromatic rings. The highest BCUT2D eigenvalue weighted by atomic mass is 35.5. The molecule has 1 aliphatic rings. The smallest absolute Gasteiger partial charge is 0.327 e. The van der Waals surface area contributed by atoms with Gasteiger partial charge in [-0.05, 0) is 23.9 Å². The van der Waals surface area contributed by atoms with E-state index in [4.69, 9.17) is 35.4 Å². The number of thiazole rings is 1. The topological polar surface area (TPSA) is 82.5 Å². The molecule has 2 heterocycles. The Bertz CT molecular complexity index is 915. The maximum absolute atomic E-state index is 12.7. The number of carboxylic acid groups (broad SMARTS) is 1. The van der Waals surface area contributed by atoms with Crippen molar-refractivity contribution in [3.8, 4) is 0 Å². The van der Waals surface area contributed by atoms with Gasteiger partial charge in [0.1, 0.15) is 16.9 Å². The summed E-state index contributed by atoms with van der Waals surface area (Å²) in [5.41, 5.74) is 0.904. The largest absolute Gasteiger partial charge is 0.480 e. The first-order valence-corrected chi connectivity index (χ1v) is 9.29. The summed E-state index contributed by atoms with van der Waals surface area (Å²) in [5.74, 6) is -1.69. The normalized spacial score (nSPS) is 16.8. The van der Waals surface area contributed by atoms with Gasteiger partial charge in [-0.3, -0.25) is 9.69 Å². The second kappa shape index (κ2) is 7.71. The molecular formula is C16H11Cl2N3O3S2. The molecular weight excluding hydrogens is 417 g/mol. The van der Waals surface area contributed by atoms with E-state index in [0.717, 1.165) is 21.8 Å². The minimum atomic E-state index is -1.15. The van der Waals surface area contributed by atoms with Crippen LogP contribution in [-0.2, 0) is 16.0 Å². The molecule has 134 valence electrons. The number of carboxylic acids is 1. The van der Waals surface area contributed by atoms with E-state index in [0.29, 0.717) is 4.88 Å². The molecule has 0 bridgehead atoms. The van der Waals surface area contributed by atoms with Crippen molar-refractivity contribution < 1.29 is 14.7 Å². The lowest BCUT2D eigenvalue weighted by molar-refractivity contribution is -0.145. The molecule has 1 saturated heterocycles. The van der Waals surface area contributed by atoms with Crippen LogP contribution in [0.2, 0.25) is 9.62 Å². The summed E-state index contributed by atoms with van der Waals surface area (Å²) < 4.78 is 0.235. The summed E-state index contributed by atoms with van der Waals surface area (Å²) >= 11 is 18.0. The van der Waals surface area contributed by atoms with E-state index in [9.17, 15) is 14.7 Å². The van der Waals surface area contributed by atoms with Crippen LogP contribution in [0.5, 0.6) is 0 Å². The van der Waals surface area contributed by atoms with Crippen molar-refractivity contribution in [2.75, 3.05) is 0 Å². The van der Waals surface area contributed by atoms with Gasteiger partial charge in [0.25, 0.3) is 5.91 Å². The second-order valence-electron chi connectivity index (χ2n) is 5.33. The first kappa shape index (κ1) is 18.8. The molecule has 3 rings (SSSR count). The predicted octanol–water partition coefficient (Wildman–Crippen LogP) is 3.20. The SMILES string of the molecule is O=C(O)C(Cc1ccccc1)N1C(=O)/C(=C\c2sc(Cl)nc2Cl)NC1=S. The lowest BCUT2D eigenvalue weighted by Gasteiger charge is -2.22. The zero-order valence-electron chi connectivity index (χ0n) is 13.0. The Morgan fingerprint density at radius 2 is 2.08 bits per heavy atom. The summed E-state index contributed by atoms with van der Waals surface area (Å²) in [6, 6.07) is 7.90. The molecule has 10 heteroatoms. The standard InChI is InChI=1S/C16H11Cl2N3O3S2/c17-12-11(26-15(18)20-12)7-9-13(22)21(16(25)19-9)10(14(23)24)6-8-4-2-1-3-5-8/h1-5,7,10H,6H2,(H,19,25)(H,23,24)/b9-7+. The average Bonchev–Trinajstić information content (AvgIpc) is 3.05. The molecule has 1 aliphatic heterocycles. The van der Waals surface area contributed by atoms with Gasteiger partial charge < -0.3 is 10.4 Å². The van der Waals surface area contributed by atoms with Gasteiger partial charge in [-0.2, -0.15) is 0 Å². The van der Waals surface area contributed by atoms with Crippen LogP contribution < -0.4 is 5.32 Å². The number of amides is 1. The first-order valence-electron chi connectivity index (χ1n) is 7.31. The van der Waals surface area contributed by atoms with E-state index in [2.05, 4.69) is 10.3 Å². The quantitative estimate of drug-likeness (QED) is 0.562. The molecule has 1 aromatic carbocycles. The van der Waals surface area contributed by atoms with E-state index in [1.54, 1.807) is 24.3 Å². The van der Waals surface area contributed by atoms with Crippen molar-refractivity contribution in [2.45, 2.75) is 12.5 Å². The number of halogens is 2. The van der Waals surface area contributed by atoms with Gasteiger partial charge in [0.15, 0.2) is 9.58 Å². The Kier molecular flexibility index (Phi) is 5.57. The van der Waals surface area contributed by atoms with Crippen LogP contribution in [0.1, 0.15) is 10.4 Å². The number of nitrogens with zero attached hydrogens (tertiary/aromatic N) is 2. The molecule has 1 aromatic heterocycles. The van der Waals surface area contributed by atoms with Gasteiger partial charge in [-0.1, -0.05) is 53.5 Å². The van der Waals surface area contributed by atoms with Gasteiger partial charge in [-0.25, -0.2) is 9.78 Å². The van der Waals surface area contributed by atoms with Gasteiger partial charge in [-0.15, -0.1) is 11.3 Å². The fraction of sp³-hybridized carbons (Fsp3) is 0.125. The highest BCUT2D eigenvalue weighted by Crippen LogP contribution is 2.29. The van der Waals surface area contributed by atoms with Gasteiger partial charge in [0, 0.05) is 6.42 Å². The Morgan fingerprint density at radius 3 is 2.65 bits per heavy atom. The molecule has 2 N–H and O–H groups in total. The van der Waals surface area contributed by atoms with Crippen LogP contribution in [-0.4, -0.2) is 38.0 Å². The van der Waals surface area contributed by atoms with Crippen molar-refractivity contribution in [2.24, 2.45) is 0 Å². The Balaban J connectivity index is 1.89. The van der Waals surface area contributed by atoms with Crippen molar-refractivity contribution >= 4 is 69.8 Å². The van der Waals surface area contributed by atoms with Gasteiger partial charge in [0.05, 0.1) is 4.88 Å². The lowest BCUT2D eigenvalue weighted by atomic mass is 10.0. The summed E-state index contributed by atoms with van der Waals surface area (Å²) in [4.78, 5) is 29.9. The van der Waals surface area contributed by atoms with Crippen LogP contribution in [0, 0.1) is 0 Å². The molecule has 0 radical (unpaired) electrons. The van der Waals surface area contributed by atoms with Crippen LogP contribution in [0.3, 0.4) is 0 Å². The molecule has 26 heavy (non-hydrogen) atoms. The monoisotopic (exact) mass is 427 g/mol. The van der Waals surface area contributed by atoms with E-state index in [1.807, 2.05) is 6.07 Å². The molecule has 1 amide bonds. The molecule has 0 spiro atoms. The number of benzene rings is 1. The molecule has 1 fully saturated rings. The van der Waals surface area contributed by atoms with Crippen molar-refractivity contribution in [1.82, 2.24) is 15.2 Å². The van der Waals surface area contributed by atoms with Crippen molar-refractivity contribution in [3.63, 3.8) is 0 Å². The highest BCUT2D eigenvalue weighted by Gasteiger charge is 2.39. The number of thiocarbonyl (C=S) groups is 1. The fourth-order valence-corrected chi connectivity index (χ4v) is 4.09. The molecule has 6 nitrogen and oxygen atoms in total. The summed E-state index contributed by atoms with van der Waals surface area (Å²) in [5, 5.41) is 12.5. The summed E-state index contributed by atoms with van der Waals surface area (Å²) in [7, 11) is 0. The second-order valence-corrected chi connectivity index (χ2v) is 7.69. The third kappa shape index (κ3) is 3.88. The number of nitrogens with one attached hydrogen (secondary N) is 1. The third-order valence-electron chi connectivity index (χ3n) is 3.64. The summed E-state index contributed by atoms with van der Waals surface area (Å²) in [6.45, 7) is 0. The number of aliphatic carboxylic acids is 1. The predicted molar refractivity (Wildman–Crippen MR) is 104 cm³/mol. The Morgan fingerprint density at radius 1 is 1.38 bits per heavy atom.